The van der Waals surface area contributed by atoms with Gasteiger partial charge in [0.05, 0.1) is 12.2 Å². The molecule has 17 heavy (non-hydrogen) atoms. The summed E-state index contributed by atoms with van der Waals surface area (Å²) in [7, 11) is 0. The topological polar surface area (TPSA) is 41.5 Å². The molecule has 0 radical (unpaired) electrons. The van der Waals surface area contributed by atoms with Crippen LogP contribution in [-0.4, -0.2) is 23.5 Å². The van der Waals surface area contributed by atoms with Crippen LogP contribution in [0.4, 0.5) is 0 Å². The lowest BCUT2D eigenvalue weighted by atomic mass is 9.63. The van der Waals surface area contributed by atoms with Crippen LogP contribution in [0.2, 0.25) is 0 Å². The average molecular weight is 357 g/mol. The van der Waals surface area contributed by atoms with Crippen LogP contribution in [0.1, 0.15) is 54.9 Å². The normalized spacial score (nSPS) is 16.1. The summed E-state index contributed by atoms with van der Waals surface area (Å²) in [6.07, 6.45) is 0.102. The van der Waals surface area contributed by atoms with Gasteiger partial charge < -0.3 is 9.84 Å². The molecule has 4 heteroatoms. The standard InChI is InChI=1S/C13H28INO2/c1-11(2,3)13(7,12(4,5)6)17-9-8-10(16)15-14/h10,15-16H,8-9H2,1-7H3. The van der Waals surface area contributed by atoms with Crippen molar-refractivity contribution in [3.63, 3.8) is 0 Å². The van der Waals surface area contributed by atoms with Crippen molar-refractivity contribution in [3.8, 4) is 0 Å². The number of ether oxygens (including phenoxy) is 1. The molecule has 0 rings (SSSR count). The van der Waals surface area contributed by atoms with Gasteiger partial charge in [0.25, 0.3) is 0 Å². The van der Waals surface area contributed by atoms with E-state index in [0.717, 1.165) is 0 Å². The molecule has 0 bridgehead atoms. The van der Waals surface area contributed by atoms with Gasteiger partial charge in [-0.3, -0.25) is 0 Å². The Hall–Kier alpha value is 0.610. The van der Waals surface area contributed by atoms with Crippen LogP contribution in [0.3, 0.4) is 0 Å². The van der Waals surface area contributed by atoms with Crippen molar-refractivity contribution in [2.45, 2.75) is 66.7 Å². The summed E-state index contributed by atoms with van der Waals surface area (Å²) in [4.78, 5) is 0. The van der Waals surface area contributed by atoms with E-state index >= 15 is 0 Å². The van der Waals surface area contributed by atoms with Crippen molar-refractivity contribution in [2.75, 3.05) is 6.61 Å². The van der Waals surface area contributed by atoms with Crippen LogP contribution in [0, 0.1) is 10.8 Å². The molecular formula is C13H28INO2. The van der Waals surface area contributed by atoms with Gasteiger partial charge in [-0.25, -0.2) is 3.53 Å². The van der Waals surface area contributed by atoms with E-state index in [4.69, 9.17) is 4.74 Å². The highest BCUT2D eigenvalue weighted by Crippen LogP contribution is 2.46. The van der Waals surface area contributed by atoms with Crippen LogP contribution >= 0.6 is 22.9 Å². The first-order valence-electron chi connectivity index (χ1n) is 6.14. The molecule has 0 aliphatic rings. The van der Waals surface area contributed by atoms with E-state index in [1.165, 1.54) is 0 Å². The van der Waals surface area contributed by atoms with Gasteiger partial charge in [-0.1, -0.05) is 41.5 Å². The SMILES string of the molecule is CC(C)(C)C(C)(OCCC(O)NI)C(C)(C)C. The maximum Gasteiger partial charge on any atom is 0.115 e. The van der Waals surface area contributed by atoms with Gasteiger partial charge in [-0.05, 0) is 17.8 Å². The molecule has 0 heterocycles. The van der Waals surface area contributed by atoms with Gasteiger partial charge >= 0.3 is 0 Å². The second kappa shape index (κ2) is 6.17. The van der Waals surface area contributed by atoms with Crippen LogP contribution in [0.5, 0.6) is 0 Å². The quantitative estimate of drug-likeness (QED) is 0.450. The van der Waals surface area contributed by atoms with E-state index in [9.17, 15) is 5.11 Å². The lowest BCUT2D eigenvalue weighted by molar-refractivity contribution is -0.172. The molecule has 0 aliphatic heterocycles. The Labute approximate surface area is 120 Å². The highest BCUT2D eigenvalue weighted by Gasteiger charge is 2.47. The third kappa shape index (κ3) is 4.65. The van der Waals surface area contributed by atoms with Gasteiger partial charge in [0.15, 0.2) is 0 Å². The summed E-state index contributed by atoms with van der Waals surface area (Å²) in [6, 6.07) is 0. The van der Waals surface area contributed by atoms with E-state index in [1.54, 1.807) is 0 Å². The highest BCUT2D eigenvalue weighted by molar-refractivity contribution is 14.1. The summed E-state index contributed by atoms with van der Waals surface area (Å²) >= 11 is 1.95. The Kier molecular flexibility index (Phi) is 6.39. The number of halogens is 1. The first kappa shape index (κ1) is 17.6. The van der Waals surface area contributed by atoms with E-state index in [2.05, 4.69) is 52.0 Å². The van der Waals surface area contributed by atoms with Crippen molar-refractivity contribution in [3.05, 3.63) is 0 Å². The number of hydrogen-bond acceptors (Lipinski definition) is 3. The number of aliphatic hydroxyl groups excluding tert-OH is 1. The minimum absolute atomic E-state index is 0.0496. The summed E-state index contributed by atoms with van der Waals surface area (Å²) in [5.41, 5.74) is -0.132. The summed E-state index contributed by atoms with van der Waals surface area (Å²) in [5.74, 6) is 0. The molecule has 0 spiro atoms. The molecule has 1 unspecified atom stereocenters. The maximum absolute atomic E-state index is 9.46. The Morgan fingerprint density at radius 2 is 1.47 bits per heavy atom. The van der Waals surface area contributed by atoms with Crippen LogP contribution < -0.4 is 3.53 Å². The minimum atomic E-state index is -0.500. The molecule has 0 amide bonds. The Morgan fingerprint density at radius 1 is 1.06 bits per heavy atom. The molecule has 3 nitrogen and oxygen atoms in total. The van der Waals surface area contributed by atoms with Gasteiger partial charge in [0, 0.05) is 29.3 Å². The van der Waals surface area contributed by atoms with E-state index < -0.39 is 6.23 Å². The molecular weight excluding hydrogens is 329 g/mol. The van der Waals surface area contributed by atoms with Crippen molar-refractivity contribution < 1.29 is 9.84 Å². The lowest BCUT2D eigenvalue weighted by Gasteiger charge is -2.51. The molecule has 1 atom stereocenters. The number of hydrogen-bond donors (Lipinski definition) is 2. The first-order valence-corrected chi connectivity index (χ1v) is 7.22. The van der Waals surface area contributed by atoms with Crippen molar-refractivity contribution in [2.24, 2.45) is 10.8 Å². The first-order chi connectivity index (χ1) is 7.45. The van der Waals surface area contributed by atoms with Gasteiger partial charge in [0.2, 0.25) is 0 Å². The van der Waals surface area contributed by atoms with Crippen molar-refractivity contribution in [1.82, 2.24) is 3.53 Å². The smallest absolute Gasteiger partial charge is 0.115 e. The van der Waals surface area contributed by atoms with Gasteiger partial charge in [0.1, 0.15) is 6.23 Å². The van der Waals surface area contributed by atoms with E-state index in [-0.39, 0.29) is 16.4 Å². The zero-order chi connectivity index (χ0) is 13.9. The number of aliphatic hydroxyl groups is 1. The van der Waals surface area contributed by atoms with Gasteiger partial charge in [-0.15, -0.1) is 0 Å². The third-order valence-corrected chi connectivity index (χ3v) is 4.49. The Morgan fingerprint density at radius 3 is 1.76 bits per heavy atom. The molecule has 0 aromatic heterocycles. The van der Waals surface area contributed by atoms with Gasteiger partial charge in [-0.2, -0.15) is 0 Å². The molecule has 0 aliphatic carbocycles. The molecule has 2 N–H and O–H groups in total. The van der Waals surface area contributed by atoms with E-state index in [0.29, 0.717) is 13.0 Å². The zero-order valence-corrected chi connectivity index (χ0v) is 14.4. The summed E-state index contributed by atoms with van der Waals surface area (Å²) in [6.45, 7) is 15.9. The highest BCUT2D eigenvalue weighted by atomic mass is 127. The predicted octanol–water partition coefficient (Wildman–Crippen LogP) is 3.50. The maximum atomic E-state index is 9.46. The second-order valence-corrected chi connectivity index (χ2v) is 7.42. The number of rotatable bonds is 5. The summed E-state index contributed by atoms with van der Waals surface area (Å²) in [5, 5.41) is 9.46. The zero-order valence-electron chi connectivity index (χ0n) is 12.2. The average Bonchev–Trinajstić information content (AvgIpc) is 2.13. The van der Waals surface area contributed by atoms with E-state index in [1.807, 2.05) is 22.9 Å². The molecule has 0 aromatic carbocycles. The van der Waals surface area contributed by atoms with Crippen molar-refractivity contribution >= 4 is 22.9 Å². The third-order valence-electron chi connectivity index (χ3n) is 3.77. The molecule has 0 aromatic rings. The molecule has 0 saturated carbocycles. The molecule has 0 saturated heterocycles. The van der Waals surface area contributed by atoms with Crippen LogP contribution in [0.15, 0.2) is 0 Å². The Bertz CT molecular complexity index is 217. The molecule has 0 fully saturated rings. The van der Waals surface area contributed by atoms with Crippen LogP contribution in [0.25, 0.3) is 0 Å². The fraction of sp³-hybridized carbons (Fsp3) is 1.00. The molecule has 104 valence electrons. The largest absolute Gasteiger partial charge is 0.378 e. The van der Waals surface area contributed by atoms with Crippen molar-refractivity contribution in [1.29, 1.82) is 0 Å². The predicted molar refractivity (Wildman–Crippen MR) is 81.0 cm³/mol. The number of nitrogens with one attached hydrogen (secondary N) is 1. The van der Waals surface area contributed by atoms with Crippen LogP contribution in [-0.2, 0) is 4.74 Å². The summed E-state index contributed by atoms with van der Waals surface area (Å²) < 4.78 is 8.90. The fourth-order valence-electron chi connectivity index (χ4n) is 1.99. The minimum Gasteiger partial charge on any atom is -0.378 e. The lowest BCUT2D eigenvalue weighted by Crippen LogP contribution is -2.53. The second-order valence-electron chi connectivity index (χ2n) is 6.80. The monoisotopic (exact) mass is 357 g/mol. The fourth-order valence-corrected chi connectivity index (χ4v) is 2.30. The Balaban J connectivity index is 4.65.